The number of rotatable bonds is 6. The predicted molar refractivity (Wildman–Crippen MR) is 69.1 cm³/mol. The summed E-state index contributed by atoms with van der Waals surface area (Å²) in [5.74, 6) is -0.556. The lowest BCUT2D eigenvalue weighted by Gasteiger charge is -2.17. The largest absolute Gasteiger partial charge is 0.477 e. The molecule has 0 heterocycles. The van der Waals surface area contributed by atoms with Crippen molar-refractivity contribution in [2.75, 3.05) is 13.6 Å². The van der Waals surface area contributed by atoms with Gasteiger partial charge in [0.15, 0.2) is 0 Å². The highest BCUT2D eigenvalue weighted by Gasteiger charge is 2.26. The second-order valence-corrected chi connectivity index (χ2v) is 5.01. The molecule has 0 saturated heterocycles. The van der Waals surface area contributed by atoms with Gasteiger partial charge >= 0.3 is 5.97 Å². The minimum Gasteiger partial charge on any atom is -0.477 e. The van der Waals surface area contributed by atoms with Gasteiger partial charge in [-0.3, -0.25) is 10.1 Å². The predicted octanol–water partition coefficient (Wildman–Crippen LogP) is 2.13. The molecule has 0 radical (unpaired) electrons. The van der Waals surface area contributed by atoms with Gasteiger partial charge in [0.05, 0.1) is 4.92 Å². The molecular formula is C13H16N2O4. The molecule has 1 fully saturated rings. The van der Waals surface area contributed by atoms with Gasteiger partial charge in [0.1, 0.15) is 5.56 Å². The molecule has 0 atom stereocenters. The zero-order valence-electron chi connectivity index (χ0n) is 10.7. The lowest BCUT2D eigenvalue weighted by Crippen LogP contribution is -2.22. The van der Waals surface area contributed by atoms with Crippen LogP contribution in [0.1, 0.15) is 28.8 Å². The van der Waals surface area contributed by atoms with Gasteiger partial charge in [-0.05, 0) is 31.4 Å². The van der Waals surface area contributed by atoms with Gasteiger partial charge in [-0.25, -0.2) is 4.79 Å². The molecule has 6 nitrogen and oxygen atoms in total. The molecule has 1 aliphatic rings. The van der Waals surface area contributed by atoms with E-state index < -0.39 is 10.9 Å². The van der Waals surface area contributed by atoms with Gasteiger partial charge in [0, 0.05) is 19.2 Å². The van der Waals surface area contributed by atoms with Crippen molar-refractivity contribution in [2.24, 2.45) is 5.92 Å². The summed E-state index contributed by atoms with van der Waals surface area (Å²) in [5.41, 5.74) is -0.0511. The highest BCUT2D eigenvalue weighted by molar-refractivity contribution is 5.94. The summed E-state index contributed by atoms with van der Waals surface area (Å²) in [6.45, 7) is 1.32. The molecule has 19 heavy (non-hydrogen) atoms. The Morgan fingerprint density at radius 2 is 2.21 bits per heavy atom. The molecule has 2 rings (SSSR count). The number of hydrogen-bond donors (Lipinski definition) is 1. The van der Waals surface area contributed by atoms with Crippen molar-refractivity contribution >= 4 is 11.7 Å². The van der Waals surface area contributed by atoms with Gasteiger partial charge in [-0.2, -0.15) is 0 Å². The summed E-state index contributed by atoms with van der Waals surface area (Å²) in [7, 11) is 1.91. The van der Waals surface area contributed by atoms with E-state index in [4.69, 9.17) is 0 Å². The molecule has 1 aromatic rings. The van der Waals surface area contributed by atoms with Crippen LogP contribution >= 0.6 is 0 Å². The molecule has 0 aromatic heterocycles. The van der Waals surface area contributed by atoms with E-state index in [0.29, 0.717) is 18.0 Å². The fraction of sp³-hybridized carbons (Fsp3) is 0.462. The van der Waals surface area contributed by atoms with Crippen molar-refractivity contribution < 1.29 is 14.8 Å². The minimum absolute atomic E-state index is 0.199. The smallest absolute Gasteiger partial charge is 0.343 e. The van der Waals surface area contributed by atoms with Crippen LogP contribution in [0.3, 0.4) is 0 Å². The van der Waals surface area contributed by atoms with E-state index in [1.165, 1.54) is 25.0 Å². The Hall–Kier alpha value is -1.95. The van der Waals surface area contributed by atoms with E-state index in [-0.39, 0.29) is 11.3 Å². The molecule has 6 heteroatoms. The van der Waals surface area contributed by atoms with Crippen LogP contribution in [0.2, 0.25) is 0 Å². The van der Waals surface area contributed by atoms with E-state index >= 15 is 0 Å². The molecule has 0 amide bonds. The van der Waals surface area contributed by atoms with Crippen molar-refractivity contribution in [3.63, 3.8) is 0 Å². The van der Waals surface area contributed by atoms with E-state index in [1.54, 1.807) is 6.07 Å². The number of benzene rings is 1. The zero-order valence-corrected chi connectivity index (χ0v) is 10.7. The lowest BCUT2D eigenvalue weighted by molar-refractivity contribution is -0.385. The molecule has 0 unspecified atom stereocenters. The van der Waals surface area contributed by atoms with Crippen molar-refractivity contribution in [3.05, 3.63) is 39.4 Å². The number of carboxylic acids is 1. The van der Waals surface area contributed by atoms with Gasteiger partial charge in [0.25, 0.3) is 5.69 Å². The second kappa shape index (κ2) is 5.36. The average molecular weight is 264 g/mol. The number of hydrogen-bond acceptors (Lipinski definition) is 4. The van der Waals surface area contributed by atoms with E-state index in [2.05, 4.69) is 0 Å². The Morgan fingerprint density at radius 1 is 1.53 bits per heavy atom. The van der Waals surface area contributed by atoms with E-state index in [0.717, 1.165) is 6.54 Å². The standard InChI is InChI=1S/C13H16N2O4/c1-14(7-9-5-6-9)8-10-3-2-4-11(15(18)19)12(10)13(16)17/h2-4,9H,5-8H2,1H3,(H,16,17). The summed E-state index contributed by atoms with van der Waals surface area (Å²) in [6, 6.07) is 4.40. The van der Waals surface area contributed by atoms with Gasteiger partial charge < -0.3 is 10.0 Å². The lowest BCUT2D eigenvalue weighted by atomic mass is 10.0. The summed E-state index contributed by atoms with van der Waals surface area (Å²) >= 11 is 0. The molecule has 0 spiro atoms. The van der Waals surface area contributed by atoms with E-state index in [1.807, 2.05) is 11.9 Å². The Bertz CT molecular complexity index is 511. The molecule has 1 aliphatic carbocycles. The molecule has 0 aliphatic heterocycles. The van der Waals surface area contributed by atoms with Crippen molar-refractivity contribution in [2.45, 2.75) is 19.4 Å². The Morgan fingerprint density at radius 3 is 2.74 bits per heavy atom. The molecular weight excluding hydrogens is 248 g/mol. The van der Waals surface area contributed by atoms with Crippen LogP contribution in [0.25, 0.3) is 0 Å². The third-order valence-corrected chi connectivity index (χ3v) is 3.25. The Balaban J connectivity index is 2.25. The van der Waals surface area contributed by atoms with Crippen LogP contribution in [0.15, 0.2) is 18.2 Å². The van der Waals surface area contributed by atoms with E-state index in [9.17, 15) is 20.0 Å². The first-order valence-corrected chi connectivity index (χ1v) is 6.17. The maximum absolute atomic E-state index is 11.2. The van der Waals surface area contributed by atoms with Gasteiger partial charge in [-0.1, -0.05) is 12.1 Å². The molecule has 1 saturated carbocycles. The first kappa shape index (κ1) is 13.5. The maximum Gasteiger partial charge on any atom is 0.343 e. The summed E-state index contributed by atoms with van der Waals surface area (Å²) in [4.78, 5) is 23.5. The average Bonchev–Trinajstić information content (AvgIpc) is 3.11. The maximum atomic E-state index is 11.2. The number of carbonyl (C=O) groups is 1. The van der Waals surface area contributed by atoms with Gasteiger partial charge in [-0.15, -0.1) is 0 Å². The van der Waals surface area contributed by atoms with Crippen LogP contribution in [-0.4, -0.2) is 34.5 Å². The summed E-state index contributed by atoms with van der Waals surface area (Å²) in [6.07, 6.45) is 2.43. The third-order valence-electron chi connectivity index (χ3n) is 3.25. The topological polar surface area (TPSA) is 83.7 Å². The molecule has 0 bridgehead atoms. The summed E-state index contributed by atoms with van der Waals surface area (Å²) < 4.78 is 0. The third kappa shape index (κ3) is 3.29. The zero-order chi connectivity index (χ0) is 14.0. The SMILES string of the molecule is CN(Cc1cccc([N+](=O)[O-])c1C(=O)O)CC1CC1. The Labute approximate surface area is 110 Å². The highest BCUT2D eigenvalue weighted by Crippen LogP contribution is 2.30. The Kier molecular flexibility index (Phi) is 3.80. The first-order valence-electron chi connectivity index (χ1n) is 6.17. The van der Waals surface area contributed by atoms with Crippen LogP contribution in [0.4, 0.5) is 5.69 Å². The highest BCUT2D eigenvalue weighted by atomic mass is 16.6. The second-order valence-electron chi connectivity index (χ2n) is 5.01. The number of nitrogens with zero attached hydrogens (tertiary/aromatic N) is 2. The van der Waals surface area contributed by atoms with Gasteiger partial charge in [0.2, 0.25) is 0 Å². The summed E-state index contributed by atoms with van der Waals surface area (Å²) in [5, 5.41) is 20.1. The fourth-order valence-electron chi connectivity index (χ4n) is 2.21. The number of carboxylic acid groups (broad SMARTS) is 1. The normalized spacial score (nSPS) is 14.6. The number of aromatic carboxylic acids is 1. The van der Waals surface area contributed by atoms with Crippen LogP contribution < -0.4 is 0 Å². The number of nitro benzene ring substituents is 1. The quantitative estimate of drug-likeness (QED) is 0.628. The van der Waals surface area contributed by atoms with Crippen molar-refractivity contribution in [1.82, 2.24) is 4.90 Å². The van der Waals surface area contributed by atoms with Crippen LogP contribution in [0, 0.1) is 16.0 Å². The minimum atomic E-state index is -1.25. The van der Waals surface area contributed by atoms with Crippen molar-refractivity contribution in [1.29, 1.82) is 0 Å². The van der Waals surface area contributed by atoms with Crippen molar-refractivity contribution in [3.8, 4) is 0 Å². The molecule has 102 valence electrons. The van der Waals surface area contributed by atoms with Crippen LogP contribution in [-0.2, 0) is 6.54 Å². The molecule has 1 N–H and O–H groups in total. The monoisotopic (exact) mass is 264 g/mol. The fourth-order valence-corrected chi connectivity index (χ4v) is 2.21. The number of nitro groups is 1. The molecule has 1 aromatic carbocycles. The van der Waals surface area contributed by atoms with Crippen LogP contribution in [0.5, 0.6) is 0 Å². The first-order chi connectivity index (χ1) is 8.99.